The maximum absolute atomic E-state index is 13.0. The number of thioether (sulfide) groups is 1. The number of rotatable bonds is 9. The van der Waals surface area contributed by atoms with Gasteiger partial charge in [0.2, 0.25) is 0 Å². The summed E-state index contributed by atoms with van der Waals surface area (Å²) in [7, 11) is 1.61. The molecule has 1 amide bonds. The Hall–Kier alpha value is -5.48. The van der Waals surface area contributed by atoms with E-state index in [1.54, 1.807) is 31.4 Å². The molecule has 0 unspecified atom stereocenters. The van der Waals surface area contributed by atoms with E-state index in [1.165, 1.54) is 59.3 Å². The molecule has 0 atom stereocenters. The summed E-state index contributed by atoms with van der Waals surface area (Å²) in [6.07, 6.45) is -0.481. The largest absolute Gasteiger partial charge is 0.573 e. The lowest BCUT2D eigenvalue weighted by atomic mass is 10.00. The van der Waals surface area contributed by atoms with Crippen molar-refractivity contribution in [2.45, 2.75) is 33.1 Å². The number of hydrogen-bond acceptors (Lipinski definition) is 8. The van der Waals surface area contributed by atoms with Gasteiger partial charge in [-0.3, -0.25) is 4.79 Å². The molecular formula is C34H29F3N6O3S. The van der Waals surface area contributed by atoms with Gasteiger partial charge in [0.05, 0.1) is 29.1 Å². The molecule has 1 aliphatic rings. The van der Waals surface area contributed by atoms with Crippen molar-refractivity contribution in [3.05, 3.63) is 113 Å². The van der Waals surface area contributed by atoms with Crippen molar-refractivity contribution in [2.24, 2.45) is 0 Å². The summed E-state index contributed by atoms with van der Waals surface area (Å²) in [5.41, 5.74) is 4.94. The molecule has 0 saturated heterocycles. The number of nitrogens with one attached hydrogen (secondary N) is 1. The third-order valence-electron chi connectivity index (χ3n) is 7.04. The van der Waals surface area contributed by atoms with Crippen molar-refractivity contribution in [3.63, 3.8) is 0 Å². The van der Waals surface area contributed by atoms with Gasteiger partial charge in [-0.05, 0) is 59.7 Å². The lowest BCUT2D eigenvalue weighted by molar-refractivity contribution is -0.274. The van der Waals surface area contributed by atoms with Crippen LogP contribution in [-0.4, -0.2) is 34.1 Å². The highest BCUT2D eigenvalue weighted by molar-refractivity contribution is 8.06. The number of carbonyl (C=O) groups excluding carboxylic acids is 1. The average Bonchev–Trinajstić information content (AvgIpc) is 3.68. The molecule has 1 aromatic heterocycles. The molecule has 13 heteroatoms. The van der Waals surface area contributed by atoms with E-state index in [0.29, 0.717) is 33.4 Å². The first-order valence-electron chi connectivity index (χ1n) is 14.3. The van der Waals surface area contributed by atoms with Crippen molar-refractivity contribution in [2.75, 3.05) is 12.0 Å². The Morgan fingerprint density at radius 2 is 1.77 bits per heavy atom. The number of ether oxygens (including phenoxy) is 2. The fourth-order valence-corrected chi connectivity index (χ4v) is 5.68. The Morgan fingerprint density at radius 1 is 1.06 bits per heavy atom. The lowest BCUT2D eigenvalue weighted by Crippen LogP contribution is -2.21. The molecule has 240 valence electrons. The number of alkyl halides is 3. The molecule has 1 N–H and O–H groups in total. The Balaban J connectivity index is 1.28. The van der Waals surface area contributed by atoms with Gasteiger partial charge in [0, 0.05) is 29.6 Å². The number of allylic oxidation sites excluding steroid dienone is 2. The molecule has 0 saturated carbocycles. The molecule has 47 heavy (non-hydrogen) atoms. The van der Waals surface area contributed by atoms with Gasteiger partial charge in [-0.25, -0.2) is 9.67 Å². The molecule has 0 fully saturated rings. The Bertz CT molecular complexity index is 1910. The number of carbonyl (C=O) groups is 1. The van der Waals surface area contributed by atoms with Crippen molar-refractivity contribution in [1.82, 2.24) is 20.1 Å². The van der Waals surface area contributed by atoms with Gasteiger partial charge >= 0.3 is 6.36 Å². The van der Waals surface area contributed by atoms with Gasteiger partial charge in [0.25, 0.3) is 5.91 Å². The van der Waals surface area contributed by atoms with Gasteiger partial charge in [-0.1, -0.05) is 55.9 Å². The van der Waals surface area contributed by atoms with Gasteiger partial charge in [-0.2, -0.15) is 5.26 Å². The average molecular weight is 659 g/mol. The molecule has 0 bridgehead atoms. The summed E-state index contributed by atoms with van der Waals surface area (Å²) in [4.78, 5) is 19.3. The quantitative estimate of drug-likeness (QED) is 0.143. The van der Waals surface area contributed by atoms with E-state index in [4.69, 9.17) is 4.74 Å². The first kappa shape index (κ1) is 32.9. The maximum atomic E-state index is 13.0. The van der Waals surface area contributed by atoms with Crippen molar-refractivity contribution >= 4 is 28.9 Å². The number of nitrogens with zero attached hydrogens (tertiary/aromatic N) is 5. The van der Waals surface area contributed by atoms with Crippen molar-refractivity contribution < 1.29 is 27.4 Å². The van der Waals surface area contributed by atoms with E-state index in [2.05, 4.69) is 40.1 Å². The molecule has 0 aliphatic carbocycles. The van der Waals surface area contributed by atoms with Crippen LogP contribution in [0, 0.1) is 11.3 Å². The first-order chi connectivity index (χ1) is 22.5. The van der Waals surface area contributed by atoms with Crippen LogP contribution in [0.15, 0.2) is 101 Å². The van der Waals surface area contributed by atoms with Crippen LogP contribution in [0.25, 0.3) is 22.6 Å². The van der Waals surface area contributed by atoms with E-state index in [1.807, 2.05) is 35.4 Å². The van der Waals surface area contributed by atoms with Crippen LogP contribution in [0.2, 0.25) is 0 Å². The number of benzene rings is 3. The van der Waals surface area contributed by atoms with E-state index in [9.17, 15) is 23.2 Å². The highest BCUT2D eigenvalue weighted by Crippen LogP contribution is 2.43. The SMILES string of the molecule is COc1ccc(C(C)C)c(N2C(C)=CS/C2=C\C(=O)N/C=C(\C#N)c2ccc(-c3ncn(-c4ccc(OC(F)(F)F)cc4)n3)cc2)c1. The molecule has 3 aromatic carbocycles. The number of amides is 1. The van der Waals surface area contributed by atoms with E-state index in [-0.39, 0.29) is 17.2 Å². The molecule has 9 nitrogen and oxygen atoms in total. The fourth-order valence-electron chi connectivity index (χ4n) is 4.76. The summed E-state index contributed by atoms with van der Waals surface area (Å²) in [5.74, 6) is 0.584. The minimum Gasteiger partial charge on any atom is -0.497 e. The normalized spacial score (nSPS) is 14.3. The summed E-state index contributed by atoms with van der Waals surface area (Å²) in [6.45, 7) is 6.19. The number of halogens is 3. The van der Waals surface area contributed by atoms with Crippen molar-refractivity contribution in [1.29, 1.82) is 5.26 Å². The van der Waals surface area contributed by atoms with Gasteiger partial charge in [0.15, 0.2) is 5.82 Å². The molecule has 1 aliphatic heterocycles. The predicted octanol–water partition coefficient (Wildman–Crippen LogP) is 7.90. The Kier molecular flexibility index (Phi) is 9.72. The molecule has 4 aromatic rings. The van der Waals surface area contributed by atoms with Crippen LogP contribution in [0.5, 0.6) is 11.5 Å². The van der Waals surface area contributed by atoms with E-state index < -0.39 is 12.3 Å². The molecule has 5 rings (SSSR count). The summed E-state index contributed by atoms with van der Waals surface area (Å²) < 4.78 is 48.1. The maximum Gasteiger partial charge on any atom is 0.573 e. The number of aromatic nitrogens is 3. The van der Waals surface area contributed by atoms with Crippen LogP contribution >= 0.6 is 11.8 Å². The molecule has 0 spiro atoms. The monoisotopic (exact) mass is 658 g/mol. The highest BCUT2D eigenvalue weighted by atomic mass is 32.2. The van der Waals surface area contributed by atoms with E-state index >= 15 is 0 Å². The molecule has 0 radical (unpaired) electrons. The van der Waals surface area contributed by atoms with Crippen LogP contribution in [0.4, 0.5) is 18.9 Å². The zero-order valence-electron chi connectivity index (χ0n) is 25.7. The lowest BCUT2D eigenvalue weighted by Gasteiger charge is -2.26. The van der Waals surface area contributed by atoms with Crippen molar-refractivity contribution in [3.8, 4) is 34.6 Å². The number of anilines is 1. The third-order valence-corrected chi connectivity index (χ3v) is 8.04. The summed E-state index contributed by atoms with van der Waals surface area (Å²) in [6, 6.07) is 20.1. The second-order valence-corrected chi connectivity index (χ2v) is 11.5. The zero-order valence-corrected chi connectivity index (χ0v) is 26.6. The third kappa shape index (κ3) is 7.85. The highest BCUT2D eigenvalue weighted by Gasteiger charge is 2.31. The predicted molar refractivity (Wildman–Crippen MR) is 174 cm³/mol. The zero-order chi connectivity index (χ0) is 33.7. The second kappa shape index (κ2) is 13.9. The number of nitriles is 1. The minimum absolute atomic E-state index is 0.239. The summed E-state index contributed by atoms with van der Waals surface area (Å²) >= 11 is 1.43. The van der Waals surface area contributed by atoms with Crippen LogP contribution in [0.1, 0.15) is 37.8 Å². The number of methoxy groups -OCH3 is 1. The van der Waals surface area contributed by atoms with Gasteiger partial charge in [0.1, 0.15) is 23.9 Å². The smallest absolute Gasteiger partial charge is 0.497 e. The summed E-state index contributed by atoms with van der Waals surface area (Å²) in [5, 5.41) is 19.6. The Morgan fingerprint density at radius 3 is 2.40 bits per heavy atom. The van der Waals surface area contributed by atoms with E-state index in [0.717, 1.165) is 16.9 Å². The fraction of sp³-hybridized carbons (Fsp3) is 0.176. The van der Waals surface area contributed by atoms with Crippen LogP contribution in [-0.2, 0) is 4.79 Å². The molecular weight excluding hydrogens is 629 g/mol. The standard InChI is InChI=1S/C34H29F3N6O3S/c1-21(2)29-14-13-28(45-4)15-30(29)43-22(3)19-47-32(43)16-31(44)39-18-25(17-38)23-5-7-24(8-6-23)33-40-20-42(41-33)26-9-11-27(12-10-26)46-34(35,36)37/h5-16,18-21H,1-4H3,(H,39,44)/b25-18+,32-16-. The van der Waals surface area contributed by atoms with Gasteiger partial charge in [-0.15, -0.1) is 18.3 Å². The minimum atomic E-state index is -4.78. The second-order valence-electron chi connectivity index (χ2n) is 10.6. The number of hydrogen-bond donors (Lipinski definition) is 1. The van der Waals surface area contributed by atoms with Crippen LogP contribution in [0.3, 0.4) is 0 Å². The first-order valence-corrected chi connectivity index (χ1v) is 15.2. The Labute approximate surface area is 273 Å². The molecule has 2 heterocycles. The van der Waals surface area contributed by atoms with Gasteiger partial charge < -0.3 is 19.7 Å². The topological polar surface area (TPSA) is 105 Å². The van der Waals surface area contributed by atoms with Crippen LogP contribution < -0.4 is 19.7 Å².